The van der Waals surface area contributed by atoms with Crippen LogP contribution in [0.2, 0.25) is 0 Å². The summed E-state index contributed by atoms with van der Waals surface area (Å²) in [6.45, 7) is 2.57. The highest BCUT2D eigenvalue weighted by molar-refractivity contribution is 5.70. The van der Waals surface area contributed by atoms with Crippen LogP contribution in [0.3, 0.4) is 0 Å². The van der Waals surface area contributed by atoms with E-state index in [1.165, 1.54) is 0 Å². The minimum absolute atomic E-state index is 0.180. The second-order valence-corrected chi connectivity index (χ2v) is 5.01. The number of aliphatic carboxylic acids is 1. The first-order chi connectivity index (χ1) is 10.1. The molecule has 116 valence electrons. The molecule has 2 N–H and O–H groups in total. The number of carboxylic acids is 1. The molecule has 1 aromatic rings. The van der Waals surface area contributed by atoms with Gasteiger partial charge in [-0.3, -0.25) is 4.79 Å². The van der Waals surface area contributed by atoms with Crippen molar-refractivity contribution in [3.05, 3.63) is 30.3 Å². The Labute approximate surface area is 125 Å². The topological polar surface area (TPSA) is 75.6 Å². The van der Waals surface area contributed by atoms with Gasteiger partial charge in [0.1, 0.15) is 5.75 Å². The minimum Gasteiger partial charge on any atom is -0.481 e. The molecule has 0 spiro atoms. The molecule has 1 atom stereocenters. The summed E-state index contributed by atoms with van der Waals surface area (Å²) in [5.74, 6) is 0.0571. The molecular formula is C16H23NO4. The molecule has 21 heavy (non-hydrogen) atoms. The molecule has 0 aliphatic heterocycles. The molecule has 0 fully saturated rings. The summed E-state index contributed by atoms with van der Waals surface area (Å²) in [6, 6.07) is 8.87. The van der Waals surface area contributed by atoms with Crippen molar-refractivity contribution in [3.63, 3.8) is 0 Å². The maximum Gasteiger partial charge on any atom is 0.412 e. The van der Waals surface area contributed by atoms with Crippen LogP contribution in [0.4, 0.5) is 4.79 Å². The molecular weight excluding hydrogens is 270 g/mol. The van der Waals surface area contributed by atoms with E-state index in [4.69, 9.17) is 9.84 Å². The molecule has 0 heterocycles. The molecule has 0 aromatic heterocycles. The number of para-hydroxylation sites is 1. The van der Waals surface area contributed by atoms with E-state index in [0.717, 1.165) is 19.3 Å². The Kier molecular flexibility index (Phi) is 7.94. The van der Waals surface area contributed by atoms with E-state index in [9.17, 15) is 9.59 Å². The molecule has 1 aromatic carbocycles. The largest absolute Gasteiger partial charge is 0.481 e. The van der Waals surface area contributed by atoms with E-state index in [2.05, 4.69) is 12.2 Å². The zero-order valence-corrected chi connectivity index (χ0v) is 12.4. The van der Waals surface area contributed by atoms with E-state index < -0.39 is 12.1 Å². The zero-order chi connectivity index (χ0) is 15.5. The fraction of sp³-hybridized carbons (Fsp3) is 0.500. The number of carbonyl (C=O) groups excluding carboxylic acids is 1. The van der Waals surface area contributed by atoms with Gasteiger partial charge < -0.3 is 15.2 Å². The van der Waals surface area contributed by atoms with Gasteiger partial charge in [0.05, 0.1) is 0 Å². The van der Waals surface area contributed by atoms with Crippen molar-refractivity contribution in [2.75, 3.05) is 6.54 Å². The summed E-state index contributed by atoms with van der Waals surface area (Å²) >= 11 is 0. The SMILES string of the molecule is CCCC(CCNC(=O)Oc1ccccc1)CCC(=O)O. The number of carbonyl (C=O) groups is 2. The second kappa shape index (κ2) is 9.80. The first-order valence-corrected chi connectivity index (χ1v) is 7.34. The summed E-state index contributed by atoms with van der Waals surface area (Å²) in [5, 5.41) is 11.4. The average molecular weight is 293 g/mol. The van der Waals surface area contributed by atoms with Crippen LogP contribution in [0.5, 0.6) is 5.75 Å². The van der Waals surface area contributed by atoms with Crippen LogP contribution in [0, 0.1) is 5.92 Å². The van der Waals surface area contributed by atoms with Crippen molar-refractivity contribution in [3.8, 4) is 5.75 Å². The van der Waals surface area contributed by atoms with Crippen LogP contribution in [-0.2, 0) is 4.79 Å². The number of rotatable bonds is 9. The van der Waals surface area contributed by atoms with Crippen LogP contribution in [0.15, 0.2) is 30.3 Å². The number of amides is 1. The van der Waals surface area contributed by atoms with Crippen LogP contribution in [-0.4, -0.2) is 23.7 Å². The number of benzene rings is 1. The first-order valence-electron chi connectivity index (χ1n) is 7.34. The second-order valence-electron chi connectivity index (χ2n) is 5.01. The number of hydrogen-bond donors (Lipinski definition) is 2. The van der Waals surface area contributed by atoms with Gasteiger partial charge in [0.25, 0.3) is 0 Å². The predicted molar refractivity (Wildman–Crippen MR) is 80.4 cm³/mol. The van der Waals surface area contributed by atoms with E-state index in [-0.39, 0.29) is 6.42 Å². The predicted octanol–water partition coefficient (Wildman–Crippen LogP) is 3.45. The van der Waals surface area contributed by atoms with Crippen LogP contribution in [0.1, 0.15) is 39.0 Å². The summed E-state index contributed by atoms with van der Waals surface area (Å²) in [7, 11) is 0. The normalized spacial score (nSPS) is 11.7. The summed E-state index contributed by atoms with van der Waals surface area (Å²) < 4.78 is 5.11. The maximum absolute atomic E-state index is 11.6. The van der Waals surface area contributed by atoms with Crippen molar-refractivity contribution in [2.24, 2.45) is 5.92 Å². The number of ether oxygens (including phenoxy) is 1. The monoisotopic (exact) mass is 293 g/mol. The van der Waals surface area contributed by atoms with Crippen LogP contribution >= 0.6 is 0 Å². The third-order valence-electron chi connectivity index (χ3n) is 3.24. The third-order valence-corrected chi connectivity index (χ3v) is 3.24. The smallest absolute Gasteiger partial charge is 0.412 e. The summed E-state index contributed by atoms with van der Waals surface area (Å²) in [5.41, 5.74) is 0. The van der Waals surface area contributed by atoms with Gasteiger partial charge in [0.15, 0.2) is 0 Å². The quantitative estimate of drug-likeness (QED) is 0.731. The van der Waals surface area contributed by atoms with Crippen LogP contribution in [0.25, 0.3) is 0 Å². The van der Waals surface area contributed by atoms with Crippen molar-refractivity contribution >= 4 is 12.1 Å². The van der Waals surface area contributed by atoms with Gasteiger partial charge in [-0.15, -0.1) is 0 Å². The maximum atomic E-state index is 11.6. The lowest BCUT2D eigenvalue weighted by atomic mass is 9.94. The van der Waals surface area contributed by atoms with Crippen molar-refractivity contribution in [1.82, 2.24) is 5.32 Å². The van der Waals surface area contributed by atoms with Gasteiger partial charge in [-0.25, -0.2) is 4.79 Å². The minimum atomic E-state index is -0.771. The molecule has 1 rings (SSSR count). The van der Waals surface area contributed by atoms with Crippen molar-refractivity contribution in [1.29, 1.82) is 0 Å². The standard InChI is InChI=1S/C16H23NO4/c1-2-6-13(9-10-15(18)19)11-12-17-16(20)21-14-7-4-3-5-8-14/h3-5,7-8,13H,2,6,9-12H2,1H3,(H,17,20)(H,18,19). The summed E-state index contributed by atoms with van der Waals surface area (Å²) in [4.78, 5) is 22.2. The molecule has 1 unspecified atom stereocenters. The van der Waals surface area contributed by atoms with Gasteiger partial charge in [-0.05, 0) is 30.9 Å². The van der Waals surface area contributed by atoms with E-state index in [0.29, 0.717) is 24.6 Å². The highest BCUT2D eigenvalue weighted by Crippen LogP contribution is 2.17. The lowest BCUT2D eigenvalue weighted by Gasteiger charge is -2.15. The van der Waals surface area contributed by atoms with Gasteiger partial charge in [-0.2, -0.15) is 0 Å². The van der Waals surface area contributed by atoms with Crippen molar-refractivity contribution < 1.29 is 19.4 Å². The van der Waals surface area contributed by atoms with Gasteiger partial charge in [0.2, 0.25) is 0 Å². The fourth-order valence-electron chi connectivity index (χ4n) is 2.18. The molecule has 0 radical (unpaired) electrons. The van der Waals surface area contributed by atoms with Crippen LogP contribution < -0.4 is 10.1 Å². The Hall–Kier alpha value is -2.04. The van der Waals surface area contributed by atoms with E-state index in [1.54, 1.807) is 24.3 Å². The fourth-order valence-corrected chi connectivity index (χ4v) is 2.18. The highest BCUT2D eigenvalue weighted by atomic mass is 16.6. The Balaban J connectivity index is 2.26. The van der Waals surface area contributed by atoms with E-state index >= 15 is 0 Å². The van der Waals surface area contributed by atoms with Gasteiger partial charge >= 0.3 is 12.1 Å². The van der Waals surface area contributed by atoms with Crippen molar-refractivity contribution in [2.45, 2.75) is 39.0 Å². The molecule has 5 heteroatoms. The molecule has 5 nitrogen and oxygen atoms in total. The van der Waals surface area contributed by atoms with Gasteiger partial charge in [-0.1, -0.05) is 38.0 Å². The lowest BCUT2D eigenvalue weighted by molar-refractivity contribution is -0.137. The number of carboxylic acid groups (broad SMARTS) is 1. The first kappa shape index (κ1) is 17.0. The molecule has 0 saturated carbocycles. The van der Waals surface area contributed by atoms with E-state index in [1.807, 2.05) is 6.07 Å². The molecule has 0 saturated heterocycles. The summed E-state index contributed by atoms with van der Waals surface area (Å²) in [6.07, 6.45) is 3.11. The highest BCUT2D eigenvalue weighted by Gasteiger charge is 2.11. The van der Waals surface area contributed by atoms with Gasteiger partial charge in [0, 0.05) is 13.0 Å². The molecule has 1 amide bonds. The molecule has 0 bridgehead atoms. The number of hydrogen-bond acceptors (Lipinski definition) is 3. The lowest BCUT2D eigenvalue weighted by Crippen LogP contribution is -2.29. The number of nitrogens with one attached hydrogen (secondary N) is 1. The molecule has 0 aliphatic rings. The Morgan fingerprint density at radius 3 is 2.52 bits per heavy atom. The Morgan fingerprint density at radius 2 is 1.90 bits per heavy atom. The Bertz CT molecular complexity index is 433. The zero-order valence-electron chi connectivity index (χ0n) is 12.4. The third kappa shape index (κ3) is 7.97. The molecule has 0 aliphatic carbocycles. The average Bonchev–Trinajstić information content (AvgIpc) is 2.45. The Morgan fingerprint density at radius 1 is 1.19 bits per heavy atom.